The van der Waals surface area contributed by atoms with Crippen LogP contribution in [0.5, 0.6) is 0 Å². The Balaban J connectivity index is 2.01. The van der Waals surface area contributed by atoms with Crippen molar-refractivity contribution in [2.45, 2.75) is 0 Å². The van der Waals surface area contributed by atoms with Gasteiger partial charge in [0.15, 0.2) is 0 Å². The van der Waals surface area contributed by atoms with E-state index in [1.54, 1.807) is 20.2 Å². The highest BCUT2D eigenvalue weighted by molar-refractivity contribution is 6.08. The van der Waals surface area contributed by atoms with E-state index in [4.69, 9.17) is 0 Å². The highest BCUT2D eigenvalue weighted by Gasteiger charge is 2.15. The van der Waals surface area contributed by atoms with Crippen LogP contribution < -0.4 is 5.32 Å². The molecule has 0 fully saturated rings. The number of hydrogen-bond donors (Lipinski definition) is 1. The number of rotatable bonds is 4. The molecule has 1 N–H and O–H groups in total. The Kier molecular flexibility index (Phi) is 4.75. The van der Waals surface area contributed by atoms with Crippen molar-refractivity contribution >= 4 is 22.7 Å². The van der Waals surface area contributed by atoms with Gasteiger partial charge in [0.05, 0.1) is 23.3 Å². The van der Waals surface area contributed by atoms with E-state index in [-0.39, 0.29) is 18.4 Å². The summed E-state index contributed by atoms with van der Waals surface area (Å²) < 4.78 is 0. The van der Waals surface area contributed by atoms with Crippen molar-refractivity contribution in [1.29, 1.82) is 0 Å². The summed E-state index contributed by atoms with van der Waals surface area (Å²) in [6, 6.07) is 19.0. The van der Waals surface area contributed by atoms with Crippen LogP contribution in [0.3, 0.4) is 0 Å². The molecule has 2 amide bonds. The first-order chi connectivity index (χ1) is 12.1. The topological polar surface area (TPSA) is 62.3 Å². The number of nitrogens with zero attached hydrogens (tertiary/aromatic N) is 2. The number of amides is 2. The summed E-state index contributed by atoms with van der Waals surface area (Å²) in [4.78, 5) is 30.5. The zero-order valence-corrected chi connectivity index (χ0v) is 14.2. The Morgan fingerprint density at radius 1 is 1.00 bits per heavy atom. The molecule has 2 aromatic carbocycles. The quantitative estimate of drug-likeness (QED) is 0.798. The maximum Gasteiger partial charge on any atom is 0.252 e. The second kappa shape index (κ2) is 7.13. The molecule has 0 aliphatic heterocycles. The number of hydrogen-bond acceptors (Lipinski definition) is 3. The van der Waals surface area contributed by atoms with Gasteiger partial charge in [-0.3, -0.25) is 9.59 Å². The van der Waals surface area contributed by atoms with Gasteiger partial charge in [0.1, 0.15) is 0 Å². The van der Waals surface area contributed by atoms with Crippen LogP contribution in [-0.2, 0) is 4.79 Å². The molecule has 126 valence electrons. The highest BCUT2D eigenvalue weighted by atomic mass is 16.2. The highest BCUT2D eigenvalue weighted by Crippen LogP contribution is 2.24. The summed E-state index contributed by atoms with van der Waals surface area (Å²) in [6.45, 7) is -0.0385. The number of aromatic nitrogens is 1. The van der Waals surface area contributed by atoms with E-state index < -0.39 is 0 Å². The summed E-state index contributed by atoms with van der Waals surface area (Å²) in [6.07, 6.45) is 0. The third kappa shape index (κ3) is 3.66. The van der Waals surface area contributed by atoms with Crippen molar-refractivity contribution in [3.63, 3.8) is 0 Å². The van der Waals surface area contributed by atoms with Crippen LogP contribution in [-0.4, -0.2) is 42.3 Å². The van der Waals surface area contributed by atoms with Crippen molar-refractivity contribution in [2.75, 3.05) is 20.6 Å². The van der Waals surface area contributed by atoms with Crippen LogP contribution in [0.25, 0.3) is 22.2 Å². The van der Waals surface area contributed by atoms with Gasteiger partial charge in [-0.25, -0.2) is 4.98 Å². The SMILES string of the molecule is CN(C)C(=O)CNC(=O)c1cc(-c2ccccc2)nc2ccccc12. The molecule has 0 unspecified atom stereocenters. The third-order valence-corrected chi connectivity index (χ3v) is 3.93. The van der Waals surface area contributed by atoms with Crippen LogP contribution in [0.1, 0.15) is 10.4 Å². The summed E-state index contributed by atoms with van der Waals surface area (Å²) in [7, 11) is 3.31. The van der Waals surface area contributed by atoms with Gasteiger partial charge in [0.25, 0.3) is 5.91 Å². The number of carbonyl (C=O) groups is 2. The predicted molar refractivity (Wildman–Crippen MR) is 98.2 cm³/mol. The zero-order chi connectivity index (χ0) is 17.8. The standard InChI is InChI=1S/C20H19N3O2/c1-23(2)19(24)13-21-20(25)16-12-18(14-8-4-3-5-9-14)22-17-11-7-6-10-15(16)17/h3-12H,13H2,1-2H3,(H,21,25). The van der Waals surface area contributed by atoms with Crippen molar-refractivity contribution in [1.82, 2.24) is 15.2 Å². The van der Waals surface area contributed by atoms with Gasteiger partial charge in [-0.1, -0.05) is 48.5 Å². The Hall–Kier alpha value is -3.21. The maximum absolute atomic E-state index is 12.7. The molecular weight excluding hydrogens is 314 g/mol. The average molecular weight is 333 g/mol. The largest absolute Gasteiger partial charge is 0.347 e. The van der Waals surface area contributed by atoms with Gasteiger partial charge < -0.3 is 10.2 Å². The van der Waals surface area contributed by atoms with E-state index in [0.717, 1.165) is 22.2 Å². The summed E-state index contributed by atoms with van der Waals surface area (Å²) in [5.74, 6) is -0.444. The molecule has 0 atom stereocenters. The lowest BCUT2D eigenvalue weighted by Crippen LogP contribution is -2.36. The van der Waals surface area contributed by atoms with Crippen molar-refractivity contribution in [3.05, 3.63) is 66.2 Å². The third-order valence-electron chi connectivity index (χ3n) is 3.93. The molecular formula is C20H19N3O2. The Morgan fingerprint density at radius 2 is 1.68 bits per heavy atom. The fraction of sp³-hybridized carbons (Fsp3) is 0.150. The lowest BCUT2D eigenvalue weighted by molar-refractivity contribution is -0.127. The summed E-state index contributed by atoms with van der Waals surface area (Å²) in [5, 5.41) is 3.45. The first-order valence-corrected chi connectivity index (χ1v) is 8.00. The van der Waals surface area contributed by atoms with Crippen LogP contribution >= 0.6 is 0 Å². The Bertz CT molecular complexity index is 921. The smallest absolute Gasteiger partial charge is 0.252 e. The predicted octanol–water partition coefficient (Wildman–Crippen LogP) is 2.72. The molecule has 5 nitrogen and oxygen atoms in total. The molecule has 3 rings (SSSR count). The van der Waals surface area contributed by atoms with E-state index in [0.29, 0.717) is 5.56 Å². The van der Waals surface area contributed by atoms with Gasteiger partial charge in [0, 0.05) is 25.0 Å². The Morgan fingerprint density at radius 3 is 2.40 bits per heavy atom. The molecule has 25 heavy (non-hydrogen) atoms. The lowest BCUT2D eigenvalue weighted by atomic mass is 10.0. The van der Waals surface area contributed by atoms with Gasteiger partial charge in [-0.15, -0.1) is 0 Å². The van der Waals surface area contributed by atoms with Crippen LogP contribution in [0.4, 0.5) is 0 Å². The molecule has 0 aliphatic rings. The van der Waals surface area contributed by atoms with Crippen molar-refractivity contribution in [2.24, 2.45) is 0 Å². The molecule has 0 saturated heterocycles. The minimum Gasteiger partial charge on any atom is -0.347 e. The number of fused-ring (bicyclic) bond motifs is 1. The number of benzene rings is 2. The van der Waals surface area contributed by atoms with E-state index in [2.05, 4.69) is 10.3 Å². The van der Waals surface area contributed by atoms with Crippen LogP contribution in [0.15, 0.2) is 60.7 Å². The molecule has 3 aromatic rings. The minimum atomic E-state index is -0.286. The van der Waals surface area contributed by atoms with Crippen molar-refractivity contribution < 1.29 is 9.59 Å². The number of likely N-dealkylation sites (N-methyl/N-ethyl adjacent to an activating group) is 1. The molecule has 0 spiro atoms. The summed E-state index contributed by atoms with van der Waals surface area (Å²) in [5.41, 5.74) is 2.92. The molecule has 0 aliphatic carbocycles. The maximum atomic E-state index is 12.7. The number of pyridine rings is 1. The van der Waals surface area contributed by atoms with Crippen LogP contribution in [0.2, 0.25) is 0 Å². The average Bonchev–Trinajstić information content (AvgIpc) is 2.65. The van der Waals surface area contributed by atoms with E-state index in [1.807, 2.05) is 54.6 Å². The number of carbonyl (C=O) groups excluding carboxylic acids is 2. The number of para-hydroxylation sites is 1. The molecule has 0 bridgehead atoms. The van der Waals surface area contributed by atoms with Gasteiger partial charge in [-0.05, 0) is 12.1 Å². The Labute approximate surface area is 146 Å². The van der Waals surface area contributed by atoms with E-state index in [1.165, 1.54) is 4.90 Å². The second-order valence-electron chi connectivity index (χ2n) is 5.91. The number of nitrogens with one attached hydrogen (secondary N) is 1. The zero-order valence-electron chi connectivity index (χ0n) is 14.2. The summed E-state index contributed by atoms with van der Waals surface area (Å²) >= 11 is 0. The van der Waals surface area contributed by atoms with Crippen molar-refractivity contribution in [3.8, 4) is 11.3 Å². The van der Waals surface area contributed by atoms with Gasteiger partial charge in [-0.2, -0.15) is 0 Å². The van der Waals surface area contributed by atoms with Gasteiger partial charge >= 0.3 is 0 Å². The molecule has 1 aromatic heterocycles. The van der Waals surface area contributed by atoms with Gasteiger partial charge in [0.2, 0.25) is 5.91 Å². The van der Waals surface area contributed by atoms with E-state index >= 15 is 0 Å². The minimum absolute atomic E-state index is 0.0385. The normalized spacial score (nSPS) is 10.5. The molecule has 5 heteroatoms. The van der Waals surface area contributed by atoms with Crippen LogP contribution in [0, 0.1) is 0 Å². The second-order valence-corrected chi connectivity index (χ2v) is 5.91. The molecule has 1 heterocycles. The van der Waals surface area contributed by atoms with E-state index in [9.17, 15) is 9.59 Å². The molecule has 0 saturated carbocycles. The lowest BCUT2D eigenvalue weighted by Gasteiger charge is -2.13. The monoisotopic (exact) mass is 333 g/mol. The fourth-order valence-electron chi connectivity index (χ4n) is 2.53. The first-order valence-electron chi connectivity index (χ1n) is 8.00. The fourth-order valence-corrected chi connectivity index (χ4v) is 2.53. The molecule has 0 radical (unpaired) electrons. The first kappa shape index (κ1) is 16.6.